The lowest BCUT2D eigenvalue weighted by molar-refractivity contribution is 0.257. The summed E-state index contributed by atoms with van der Waals surface area (Å²) in [6, 6.07) is 2.90. The molecular weight excluding hydrogens is 332 g/mol. The van der Waals surface area contributed by atoms with Gasteiger partial charge in [0.05, 0.1) is 17.8 Å². The van der Waals surface area contributed by atoms with Crippen LogP contribution in [0.2, 0.25) is 0 Å². The number of aromatic nitrogens is 3. The maximum atomic E-state index is 12.5. The van der Waals surface area contributed by atoms with Crippen LogP contribution in [-0.4, -0.2) is 20.8 Å². The van der Waals surface area contributed by atoms with E-state index in [2.05, 4.69) is 17.2 Å². The molecule has 2 aliphatic rings. The molecule has 0 amide bonds. The highest BCUT2D eigenvalue weighted by Crippen LogP contribution is 2.29. The molecule has 0 bridgehead atoms. The number of fused-ring (bicyclic) bond motifs is 1. The van der Waals surface area contributed by atoms with E-state index in [0.717, 1.165) is 49.2 Å². The Bertz CT molecular complexity index is 762. The summed E-state index contributed by atoms with van der Waals surface area (Å²) in [5, 5.41) is 11.6. The van der Waals surface area contributed by atoms with Crippen LogP contribution < -0.4 is 10.9 Å². The van der Waals surface area contributed by atoms with Crippen molar-refractivity contribution in [2.75, 3.05) is 0 Å². The van der Waals surface area contributed by atoms with E-state index >= 15 is 0 Å². The van der Waals surface area contributed by atoms with Crippen LogP contribution in [0, 0.1) is 0 Å². The first-order valence-corrected chi connectivity index (χ1v) is 10.4. The van der Waals surface area contributed by atoms with Crippen molar-refractivity contribution < 1.29 is 0 Å². The maximum absolute atomic E-state index is 12.5. The van der Waals surface area contributed by atoms with Crippen LogP contribution in [0.25, 0.3) is 0 Å². The van der Waals surface area contributed by atoms with Gasteiger partial charge in [0.2, 0.25) is 0 Å². The van der Waals surface area contributed by atoms with E-state index in [4.69, 9.17) is 5.10 Å². The monoisotopic (exact) mass is 358 g/mol. The largest absolute Gasteiger partial charge is 0.305 e. The lowest BCUT2D eigenvalue weighted by Crippen LogP contribution is -2.38. The Labute approximate surface area is 152 Å². The molecule has 4 rings (SSSR count). The molecule has 25 heavy (non-hydrogen) atoms. The number of aryl methyl sites for hydroxylation is 2. The van der Waals surface area contributed by atoms with Gasteiger partial charge >= 0.3 is 0 Å². The van der Waals surface area contributed by atoms with Crippen molar-refractivity contribution in [2.45, 2.75) is 76.4 Å². The predicted octanol–water partition coefficient (Wildman–Crippen LogP) is 3.41. The molecule has 2 aromatic heterocycles. The summed E-state index contributed by atoms with van der Waals surface area (Å²) in [7, 11) is 0. The third-order valence-corrected chi connectivity index (χ3v) is 6.54. The van der Waals surface area contributed by atoms with Gasteiger partial charge in [0, 0.05) is 23.7 Å². The molecule has 2 aromatic rings. The van der Waals surface area contributed by atoms with Gasteiger partial charge in [-0.1, -0.05) is 0 Å². The molecule has 2 heterocycles. The van der Waals surface area contributed by atoms with E-state index in [0.29, 0.717) is 12.1 Å². The minimum Gasteiger partial charge on any atom is -0.305 e. The summed E-state index contributed by atoms with van der Waals surface area (Å²) in [5.74, 6) is 0. The average Bonchev–Trinajstić information content (AvgIpc) is 3.17. The third kappa shape index (κ3) is 3.70. The predicted molar refractivity (Wildman–Crippen MR) is 100 cm³/mol. The molecule has 1 fully saturated rings. The highest BCUT2D eigenvalue weighted by Gasteiger charge is 2.26. The molecule has 0 aromatic carbocycles. The molecule has 2 aliphatic carbocycles. The van der Waals surface area contributed by atoms with E-state index < -0.39 is 0 Å². The fraction of sp³-hybridized carbons (Fsp3) is 0.632. The Morgan fingerprint density at radius 1 is 1.24 bits per heavy atom. The van der Waals surface area contributed by atoms with Gasteiger partial charge in [-0.2, -0.15) is 5.10 Å². The lowest BCUT2D eigenvalue weighted by atomic mass is 9.90. The highest BCUT2D eigenvalue weighted by atomic mass is 32.1. The molecular formula is C19H26N4OS. The number of nitrogens with zero attached hydrogens (tertiary/aromatic N) is 3. The molecule has 1 N–H and O–H groups in total. The van der Waals surface area contributed by atoms with Gasteiger partial charge < -0.3 is 5.32 Å². The molecule has 134 valence electrons. The zero-order chi connectivity index (χ0) is 17.2. The van der Waals surface area contributed by atoms with Crippen LogP contribution in [0.1, 0.15) is 73.8 Å². The summed E-state index contributed by atoms with van der Waals surface area (Å²) >= 11 is 1.70. The first-order chi connectivity index (χ1) is 12.2. The van der Waals surface area contributed by atoms with E-state index in [-0.39, 0.29) is 11.6 Å². The van der Waals surface area contributed by atoms with Crippen LogP contribution >= 0.6 is 11.3 Å². The van der Waals surface area contributed by atoms with E-state index in [1.165, 1.54) is 18.4 Å². The maximum Gasteiger partial charge on any atom is 0.267 e. The van der Waals surface area contributed by atoms with Crippen molar-refractivity contribution in [1.82, 2.24) is 20.1 Å². The Kier molecular flexibility index (Phi) is 4.99. The topological polar surface area (TPSA) is 59.8 Å². The molecule has 0 aliphatic heterocycles. The molecule has 1 unspecified atom stereocenters. The van der Waals surface area contributed by atoms with Crippen molar-refractivity contribution in [2.24, 2.45) is 0 Å². The number of thiazole rings is 1. The summed E-state index contributed by atoms with van der Waals surface area (Å²) in [6.45, 7) is 2.18. The fourth-order valence-electron chi connectivity index (χ4n) is 4.20. The smallest absolute Gasteiger partial charge is 0.267 e. The number of hydrogen-bond donors (Lipinski definition) is 1. The van der Waals surface area contributed by atoms with E-state index in [9.17, 15) is 4.79 Å². The second kappa shape index (κ2) is 7.38. The van der Waals surface area contributed by atoms with Gasteiger partial charge in [0.1, 0.15) is 5.01 Å². The molecule has 0 radical (unpaired) electrons. The van der Waals surface area contributed by atoms with Gasteiger partial charge in [-0.05, 0) is 63.9 Å². The molecule has 5 nitrogen and oxygen atoms in total. The Hall–Kier alpha value is -1.53. The first-order valence-electron chi connectivity index (χ1n) is 9.48. The van der Waals surface area contributed by atoms with Crippen molar-refractivity contribution >= 4 is 11.3 Å². The number of rotatable bonds is 4. The fourth-order valence-corrected chi connectivity index (χ4v) is 4.85. The molecule has 1 saturated carbocycles. The van der Waals surface area contributed by atoms with E-state index in [1.807, 2.05) is 17.6 Å². The first kappa shape index (κ1) is 16.9. The standard InChI is InChI=1S/C19H26N4OS/c1-13(19-20-10-11-25-19)21-15-6-8-16(9-7-15)23-18(24)12-14-4-2-3-5-17(14)22-23/h10-13,15-16,21H,2-9H2,1H3. The number of nitrogens with one attached hydrogen (secondary N) is 1. The minimum absolute atomic E-state index is 0.0909. The zero-order valence-electron chi connectivity index (χ0n) is 14.8. The van der Waals surface area contributed by atoms with Crippen LogP contribution in [-0.2, 0) is 12.8 Å². The SMILES string of the molecule is CC(NC1CCC(n2nc3c(cc2=O)CCCC3)CC1)c1nccs1. The molecule has 1 atom stereocenters. The second-order valence-corrected chi connectivity index (χ2v) is 8.30. The van der Waals surface area contributed by atoms with Crippen LogP contribution in [0.5, 0.6) is 0 Å². The van der Waals surface area contributed by atoms with Gasteiger partial charge in [0.15, 0.2) is 0 Å². The van der Waals surface area contributed by atoms with Gasteiger partial charge in [-0.25, -0.2) is 9.67 Å². The lowest BCUT2D eigenvalue weighted by Gasteiger charge is -2.31. The third-order valence-electron chi connectivity index (χ3n) is 5.58. The zero-order valence-corrected chi connectivity index (χ0v) is 15.6. The second-order valence-electron chi connectivity index (χ2n) is 7.37. The summed E-state index contributed by atoms with van der Waals surface area (Å²) in [6.07, 6.45) is 10.5. The van der Waals surface area contributed by atoms with E-state index in [1.54, 1.807) is 16.0 Å². The van der Waals surface area contributed by atoms with Crippen molar-refractivity contribution in [3.63, 3.8) is 0 Å². The summed E-state index contributed by atoms with van der Waals surface area (Å²) < 4.78 is 1.78. The summed E-state index contributed by atoms with van der Waals surface area (Å²) in [5.41, 5.74) is 2.43. The average molecular weight is 359 g/mol. The van der Waals surface area contributed by atoms with Crippen LogP contribution in [0.15, 0.2) is 22.4 Å². The molecule has 6 heteroatoms. The van der Waals surface area contributed by atoms with Crippen LogP contribution in [0.3, 0.4) is 0 Å². The Balaban J connectivity index is 1.39. The Morgan fingerprint density at radius 3 is 2.80 bits per heavy atom. The van der Waals surface area contributed by atoms with Crippen molar-refractivity contribution in [3.05, 3.63) is 44.3 Å². The van der Waals surface area contributed by atoms with Crippen LogP contribution in [0.4, 0.5) is 0 Å². The minimum atomic E-state index is 0.0909. The normalized spacial score (nSPS) is 24.7. The Morgan fingerprint density at radius 2 is 2.04 bits per heavy atom. The summed E-state index contributed by atoms with van der Waals surface area (Å²) in [4.78, 5) is 16.9. The highest BCUT2D eigenvalue weighted by molar-refractivity contribution is 7.09. The van der Waals surface area contributed by atoms with Gasteiger partial charge in [-0.15, -0.1) is 11.3 Å². The molecule has 0 saturated heterocycles. The molecule has 0 spiro atoms. The van der Waals surface area contributed by atoms with Crippen molar-refractivity contribution in [1.29, 1.82) is 0 Å². The number of hydrogen-bond acceptors (Lipinski definition) is 5. The van der Waals surface area contributed by atoms with Gasteiger partial charge in [0.25, 0.3) is 5.56 Å². The quantitative estimate of drug-likeness (QED) is 0.910. The van der Waals surface area contributed by atoms with Crippen molar-refractivity contribution in [3.8, 4) is 0 Å². The van der Waals surface area contributed by atoms with Gasteiger partial charge in [-0.3, -0.25) is 4.79 Å².